The zero-order valence-corrected chi connectivity index (χ0v) is 13.8. The van der Waals surface area contributed by atoms with Gasteiger partial charge in [-0.2, -0.15) is 8.78 Å². The number of carbonyl (C=O) groups excluding carboxylic acids is 1. The van der Waals surface area contributed by atoms with Crippen LogP contribution in [-0.2, 0) is 16.4 Å². The fourth-order valence-electron chi connectivity index (χ4n) is 2.06. The van der Waals surface area contributed by atoms with Crippen LogP contribution in [0.5, 0.6) is 5.75 Å². The van der Waals surface area contributed by atoms with E-state index in [1.807, 2.05) is 0 Å². The second-order valence-corrected chi connectivity index (χ2v) is 6.66. The number of ether oxygens (including phenoxy) is 1. The smallest absolute Gasteiger partial charge is 0.387 e. The van der Waals surface area contributed by atoms with Crippen molar-refractivity contribution < 1.29 is 26.7 Å². The number of sulfonamides is 1. The van der Waals surface area contributed by atoms with Crippen LogP contribution in [0, 0.1) is 0 Å². The molecule has 0 heterocycles. The summed E-state index contributed by atoms with van der Waals surface area (Å²) in [5.74, 6) is -0.295. The van der Waals surface area contributed by atoms with Gasteiger partial charge in [-0.25, -0.2) is 13.6 Å². The number of hydrogen-bond donors (Lipinski definition) is 2. The first-order chi connectivity index (χ1) is 11.8. The number of benzene rings is 2. The maximum Gasteiger partial charge on any atom is 0.387 e. The Bertz CT molecular complexity index is 822. The van der Waals surface area contributed by atoms with Gasteiger partial charge in [0.15, 0.2) is 0 Å². The first-order valence-electron chi connectivity index (χ1n) is 7.20. The van der Waals surface area contributed by atoms with Crippen molar-refractivity contribution in [2.45, 2.75) is 17.9 Å². The molecule has 0 saturated carbocycles. The molecule has 0 bridgehead atoms. The predicted molar refractivity (Wildman–Crippen MR) is 86.9 cm³/mol. The Labute approximate surface area is 143 Å². The SMILES string of the molecule is NS(=O)(=O)c1ccc(C(=O)NCCc2ccc(OC(F)F)cc2)cc1. The third-order valence-electron chi connectivity index (χ3n) is 3.29. The lowest BCUT2D eigenvalue weighted by atomic mass is 10.1. The maximum absolute atomic E-state index is 12.1. The van der Waals surface area contributed by atoms with Crippen LogP contribution >= 0.6 is 0 Å². The largest absolute Gasteiger partial charge is 0.435 e. The summed E-state index contributed by atoms with van der Waals surface area (Å²) >= 11 is 0. The predicted octanol–water partition coefficient (Wildman–Crippen LogP) is 1.91. The molecule has 1 amide bonds. The van der Waals surface area contributed by atoms with E-state index in [-0.39, 0.29) is 16.6 Å². The number of nitrogens with one attached hydrogen (secondary N) is 1. The highest BCUT2D eigenvalue weighted by Crippen LogP contribution is 2.15. The van der Waals surface area contributed by atoms with Crippen LogP contribution in [0.25, 0.3) is 0 Å². The van der Waals surface area contributed by atoms with E-state index >= 15 is 0 Å². The molecule has 0 aromatic heterocycles. The van der Waals surface area contributed by atoms with Crippen molar-refractivity contribution in [3.05, 3.63) is 59.7 Å². The van der Waals surface area contributed by atoms with E-state index in [1.165, 1.54) is 36.4 Å². The van der Waals surface area contributed by atoms with Gasteiger partial charge in [-0.15, -0.1) is 0 Å². The lowest BCUT2D eigenvalue weighted by Gasteiger charge is -2.07. The highest BCUT2D eigenvalue weighted by atomic mass is 32.2. The Morgan fingerprint density at radius 2 is 1.68 bits per heavy atom. The molecule has 0 saturated heterocycles. The van der Waals surface area contributed by atoms with E-state index in [0.29, 0.717) is 18.5 Å². The zero-order valence-electron chi connectivity index (χ0n) is 13.0. The molecule has 2 aromatic rings. The van der Waals surface area contributed by atoms with E-state index in [2.05, 4.69) is 10.1 Å². The number of amides is 1. The first-order valence-corrected chi connectivity index (χ1v) is 8.75. The van der Waals surface area contributed by atoms with Gasteiger partial charge in [0.25, 0.3) is 5.91 Å². The summed E-state index contributed by atoms with van der Waals surface area (Å²) < 4.78 is 50.7. The number of alkyl halides is 2. The molecule has 0 fully saturated rings. The minimum Gasteiger partial charge on any atom is -0.435 e. The van der Waals surface area contributed by atoms with Gasteiger partial charge in [0.1, 0.15) is 5.75 Å². The van der Waals surface area contributed by atoms with E-state index in [4.69, 9.17) is 5.14 Å². The Kier molecular flexibility index (Phi) is 6.05. The molecule has 6 nitrogen and oxygen atoms in total. The lowest BCUT2D eigenvalue weighted by molar-refractivity contribution is -0.0498. The third-order valence-corrected chi connectivity index (χ3v) is 4.22. The van der Waals surface area contributed by atoms with Crippen LogP contribution in [0.1, 0.15) is 15.9 Å². The van der Waals surface area contributed by atoms with Crippen molar-refractivity contribution >= 4 is 15.9 Å². The molecule has 2 aromatic carbocycles. The molecule has 0 radical (unpaired) electrons. The second-order valence-electron chi connectivity index (χ2n) is 5.10. The number of nitrogens with two attached hydrogens (primary N) is 1. The van der Waals surface area contributed by atoms with Gasteiger partial charge in [-0.05, 0) is 48.4 Å². The van der Waals surface area contributed by atoms with Crippen LogP contribution in [0.4, 0.5) is 8.78 Å². The first kappa shape index (κ1) is 18.8. The molecule has 2 rings (SSSR count). The molecule has 0 unspecified atom stereocenters. The van der Waals surface area contributed by atoms with Crippen molar-refractivity contribution in [3.8, 4) is 5.75 Å². The van der Waals surface area contributed by atoms with Crippen LogP contribution in [0.15, 0.2) is 53.4 Å². The quantitative estimate of drug-likeness (QED) is 0.778. The monoisotopic (exact) mass is 370 g/mol. The highest BCUT2D eigenvalue weighted by molar-refractivity contribution is 7.89. The Balaban J connectivity index is 1.86. The fourth-order valence-corrected chi connectivity index (χ4v) is 2.57. The van der Waals surface area contributed by atoms with Crippen molar-refractivity contribution in [2.75, 3.05) is 6.54 Å². The maximum atomic E-state index is 12.1. The molecule has 0 aliphatic carbocycles. The molecule has 25 heavy (non-hydrogen) atoms. The molecule has 0 spiro atoms. The summed E-state index contributed by atoms with van der Waals surface area (Å²) in [6, 6.07) is 11.4. The molecular formula is C16H16F2N2O4S. The van der Waals surface area contributed by atoms with Gasteiger partial charge in [0.2, 0.25) is 10.0 Å². The number of carbonyl (C=O) groups is 1. The van der Waals surface area contributed by atoms with Crippen LogP contribution in [0.2, 0.25) is 0 Å². The van der Waals surface area contributed by atoms with Gasteiger partial charge in [-0.1, -0.05) is 12.1 Å². The molecule has 134 valence electrons. The minimum atomic E-state index is -3.80. The third kappa shape index (κ3) is 5.80. The molecule has 9 heteroatoms. The van der Waals surface area contributed by atoms with Gasteiger partial charge < -0.3 is 10.1 Å². The summed E-state index contributed by atoms with van der Waals surface area (Å²) in [6.45, 7) is -2.55. The zero-order chi connectivity index (χ0) is 18.4. The highest BCUT2D eigenvalue weighted by Gasteiger charge is 2.10. The van der Waals surface area contributed by atoms with Crippen LogP contribution in [0.3, 0.4) is 0 Å². The van der Waals surface area contributed by atoms with E-state index in [9.17, 15) is 22.0 Å². The number of primary sulfonamides is 1. The molecule has 0 atom stereocenters. The number of hydrogen-bond acceptors (Lipinski definition) is 4. The van der Waals surface area contributed by atoms with Crippen LogP contribution in [-0.4, -0.2) is 27.5 Å². The summed E-state index contributed by atoms with van der Waals surface area (Å²) in [7, 11) is -3.80. The normalized spacial score (nSPS) is 11.4. The van der Waals surface area contributed by atoms with Gasteiger partial charge in [0.05, 0.1) is 4.90 Å². The second kappa shape index (κ2) is 8.04. The summed E-state index contributed by atoms with van der Waals surface area (Å²) in [5.41, 5.74) is 1.14. The molecule has 0 aliphatic heterocycles. The van der Waals surface area contributed by atoms with Gasteiger partial charge in [0, 0.05) is 12.1 Å². The summed E-state index contributed by atoms with van der Waals surface area (Å²) in [6.07, 6.45) is 0.496. The number of rotatable bonds is 7. The van der Waals surface area contributed by atoms with E-state index in [1.54, 1.807) is 12.1 Å². The topological polar surface area (TPSA) is 98.5 Å². The standard InChI is InChI=1S/C16H16F2N2O4S/c17-16(18)24-13-5-1-11(2-6-13)9-10-20-15(21)12-3-7-14(8-4-12)25(19,22)23/h1-8,16H,9-10H2,(H,20,21)(H2,19,22,23). The lowest BCUT2D eigenvalue weighted by Crippen LogP contribution is -2.25. The van der Waals surface area contributed by atoms with Crippen molar-refractivity contribution in [2.24, 2.45) is 5.14 Å². The van der Waals surface area contributed by atoms with E-state index < -0.39 is 16.6 Å². The molecular weight excluding hydrogens is 354 g/mol. The average Bonchev–Trinajstić information content (AvgIpc) is 2.55. The van der Waals surface area contributed by atoms with E-state index in [0.717, 1.165) is 5.56 Å². The van der Waals surface area contributed by atoms with Crippen molar-refractivity contribution in [1.82, 2.24) is 5.32 Å². The Morgan fingerprint density at radius 1 is 1.08 bits per heavy atom. The van der Waals surface area contributed by atoms with Crippen molar-refractivity contribution in [3.63, 3.8) is 0 Å². The summed E-state index contributed by atoms with van der Waals surface area (Å²) in [5, 5.41) is 7.67. The fraction of sp³-hybridized carbons (Fsp3) is 0.188. The Morgan fingerprint density at radius 3 is 2.20 bits per heavy atom. The van der Waals surface area contributed by atoms with Gasteiger partial charge in [-0.3, -0.25) is 4.79 Å². The number of halogens is 2. The summed E-state index contributed by atoms with van der Waals surface area (Å²) in [4.78, 5) is 11.9. The van der Waals surface area contributed by atoms with Crippen LogP contribution < -0.4 is 15.2 Å². The average molecular weight is 370 g/mol. The minimum absolute atomic E-state index is 0.0673. The Hall–Kier alpha value is -2.52. The van der Waals surface area contributed by atoms with Gasteiger partial charge >= 0.3 is 6.61 Å². The molecule has 0 aliphatic rings. The van der Waals surface area contributed by atoms with Crippen molar-refractivity contribution in [1.29, 1.82) is 0 Å². The molecule has 3 N–H and O–H groups in total.